The van der Waals surface area contributed by atoms with E-state index in [0.717, 1.165) is 6.42 Å². The fraction of sp³-hybridized carbons (Fsp3) is 0.500. The van der Waals surface area contributed by atoms with Gasteiger partial charge in [0, 0.05) is 25.5 Å². The van der Waals surface area contributed by atoms with Crippen molar-refractivity contribution in [1.82, 2.24) is 14.7 Å². The highest BCUT2D eigenvalue weighted by molar-refractivity contribution is 5.87. The molecule has 3 rings (SSSR count). The van der Waals surface area contributed by atoms with Crippen LogP contribution < -0.4 is 5.56 Å². The van der Waals surface area contributed by atoms with Crippen molar-refractivity contribution in [1.29, 1.82) is 0 Å². The number of aryl methyl sites for hydroxylation is 1. The minimum absolute atomic E-state index is 0.0886. The van der Waals surface area contributed by atoms with Crippen molar-refractivity contribution < 1.29 is 14.3 Å². The van der Waals surface area contributed by atoms with E-state index in [1.807, 2.05) is 0 Å². The van der Waals surface area contributed by atoms with Gasteiger partial charge in [-0.1, -0.05) is 32.0 Å². The second-order valence-electron chi connectivity index (χ2n) is 7.50. The van der Waals surface area contributed by atoms with Crippen LogP contribution in [0.4, 0.5) is 0 Å². The van der Waals surface area contributed by atoms with Crippen LogP contribution in [0.5, 0.6) is 0 Å². The lowest BCUT2D eigenvalue weighted by molar-refractivity contribution is -0.152. The number of ether oxygens (including phenoxy) is 1. The number of rotatable bonds is 4. The van der Waals surface area contributed by atoms with Gasteiger partial charge in [-0.25, -0.2) is 4.68 Å². The van der Waals surface area contributed by atoms with Gasteiger partial charge < -0.3 is 9.64 Å². The van der Waals surface area contributed by atoms with E-state index < -0.39 is 5.97 Å². The van der Waals surface area contributed by atoms with Gasteiger partial charge in [-0.05, 0) is 24.3 Å². The Kier molecular flexibility index (Phi) is 5.58. The number of esters is 1. The van der Waals surface area contributed by atoms with Crippen LogP contribution in [0.15, 0.2) is 29.1 Å². The number of fused-ring (bicyclic) bond motifs is 1. The number of likely N-dealkylation sites (tertiary alicyclic amines) is 1. The molecule has 7 heteroatoms. The molecule has 144 valence electrons. The SMILES string of the molecule is C[C@@H]1C[C@@H](C)CN(C(=O)COC(=O)Cc2nn(C)c(=O)c3ccccc23)C1. The summed E-state index contributed by atoms with van der Waals surface area (Å²) in [5, 5.41) is 5.32. The molecule has 2 aromatic rings. The van der Waals surface area contributed by atoms with Crippen LogP contribution in [0.3, 0.4) is 0 Å². The van der Waals surface area contributed by atoms with Crippen LogP contribution in [0.25, 0.3) is 10.8 Å². The van der Waals surface area contributed by atoms with E-state index in [1.165, 1.54) is 4.68 Å². The van der Waals surface area contributed by atoms with Gasteiger partial charge in [0.05, 0.1) is 17.5 Å². The fourth-order valence-electron chi connectivity index (χ4n) is 3.79. The zero-order valence-electron chi connectivity index (χ0n) is 16.0. The average Bonchev–Trinajstić information content (AvgIpc) is 2.63. The molecule has 0 saturated carbocycles. The molecule has 0 bridgehead atoms. The smallest absolute Gasteiger partial charge is 0.312 e. The Labute approximate surface area is 157 Å². The zero-order chi connectivity index (χ0) is 19.6. The van der Waals surface area contributed by atoms with Gasteiger partial charge in [-0.2, -0.15) is 5.10 Å². The molecular formula is C20H25N3O4. The molecule has 1 saturated heterocycles. The molecule has 2 heterocycles. The molecule has 2 atom stereocenters. The molecule has 0 N–H and O–H groups in total. The molecule has 0 radical (unpaired) electrons. The van der Waals surface area contributed by atoms with Crippen molar-refractivity contribution in [3.63, 3.8) is 0 Å². The van der Waals surface area contributed by atoms with Crippen molar-refractivity contribution in [2.75, 3.05) is 19.7 Å². The third kappa shape index (κ3) is 4.35. The molecule has 1 aliphatic heterocycles. The summed E-state index contributed by atoms with van der Waals surface area (Å²) in [6.45, 7) is 5.39. The number of nitrogens with zero attached hydrogens (tertiary/aromatic N) is 3. The Balaban J connectivity index is 1.65. The summed E-state index contributed by atoms with van der Waals surface area (Å²) in [5.74, 6) is 0.210. The lowest BCUT2D eigenvalue weighted by Gasteiger charge is -2.34. The number of hydrogen-bond donors (Lipinski definition) is 0. The quantitative estimate of drug-likeness (QED) is 0.761. The summed E-state index contributed by atoms with van der Waals surface area (Å²) < 4.78 is 6.41. The highest BCUT2D eigenvalue weighted by atomic mass is 16.5. The molecule has 0 unspecified atom stereocenters. The van der Waals surface area contributed by atoms with Crippen LogP contribution in [-0.2, 0) is 27.8 Å². The maximum atomic E-state index is 12.3. The molecule has 1 aromatic heterocycles. The first-order valence-electron chi connectivity index (χ1n) is 9.23. The monoisotopic (exact) mass is 371 g/mol. The van der Waals surface area contributed by atoms with E-state index in [9.17, 15) is 14.4 Å². The van der Waals surface area contributed by atoms with Crippen LogP contribution in [0.1, 0.15) is 26.0 Å². The molecule has 1 aromatic carbocycles. The maximum Gasteiger partial charge on any atom is 0.312 e. The normalized spacial score (nSPS) is 19.9. The average molecular weight is 371 g/mol. The van der Waals surface area contributed by atoms with Gasteiger partial charge in [0.2, 0.25) is 0 Å². The van der Waals surface area contributed by atoms with Gasteiger partial charge >= 0.3 is 5.97 Å². The molecule has 7 nitrogen and oxygen atoms in total. The number of benzene rings is 1. The minimum atomic E-state index is -0.530. The first kappa shape index (κ1) is 19.1. The van der Waals surface area contributed by atoms with Crippen LogP contribution >= 0.6 is 0 Å². The minimum Gasteiger partial charge on any atom is -0.455 e. The van der Waals surface area contributed by atoms with Crippen LogP contribution in [0.2, 0.25) is 0 Å². The number of aromatic nitrogens is 2. The van der Waals surface area contributed by atoms with E-state index >= 15 is 0 Å². The summed E-state index contributed by atoms with van der Waals surface area (Å²) in [7, 11) is 1.55. The molecule has 1 aliphatic rings. The first-order valence-corrected chi connectivity index (χ1v) is 9.23. The molecule has 1 amide bonds. The second kappa shape index (κ2) is 7.90. The van der Waals surface area contributed by atoms with Crippen LogP contribution in [-0.4, -0.2) is 46.3 Å². The second-order valence-corrected chi connectivity index (χ2v) is 7.50. The van der Waals surface area contributed by atoms with E-state index in [0.29, 0.717) is 41.4 Å². The predicted octanol–water partition coefficient (Wildman–Crippen LogP) is 1.52. The van der Waals surface area contributed by atoms with Crippen molar-refractivity contribution >= 4 is 22.6 Å². The van der Waals surface area contributed by atoms with Gasteiger partial charge in [-0.15, -0.1) is 0 Å². The molecule has 1 fully saturated rings. The van der Waals surface area contributed by atoms with Crippen LogP contribution in [0, 0.1) is 11.8 Å². The number of carbonyl (C=O) groups excluding carboxylic acids is 2. The van der Waals surface area contributed by atoms with Crippen molar-refractivity contribution in [3.8, 4) is 0 Å². The van der Waals surface area contributed by atoms with E-state index in [4.69, 9.17) is 4.74 Å². The van der Waals surface area contributed by atoms with Gasteiger partial charge in [0.1, 0.15) is 0 Å². The third-order valence-corrected chi connectivity index (χ3v) is 4.92. The summed E-state index contributed by atoms with van der Waals surface area (Å²) in [6, 6.07) is 7.02. The van der Waals surface area contributed by atoms with Gasteiger partial charge in [0.25, 0.3) is 11.5 Å². The first-order chi connectivity index (χ1) is 12.8. The summed E-state index contributed by atoms with van der Waals surface area (Å²) in [4.78, 5) is 38.5. The number of carbonyl (C=O) groups is 2. The van der Waals surface area contributed by atoms with E-state index in [2.05, 4.69) is 18.9 Å². The van der Waals surface area contributed by atoms with Gasteiger partial charge in [-0.3, -0.25) is 14.4 Å². The molecule has 0 spiro atoms. The lowest BCUT2D eigenvalue weighted by atomic mass is 9.92. The largest absolute Gasteiger partial charge is 0.455 e. The Morgan fingerprint density at radius 2 is 1.78 bits per heavy atom. The highest BCUT2D eigenvalue weighted by Gasteiger charge is 2.26. The summed E-state index contributed by atoms with van der Waals surface area (Å²) >= 11 is 0. The Hall–Kier alpha value is -2.70. The Morgan fingerprint density at radius 1 is 1.15 bits per heavy atom. The third-order valence-electron chi connectivity index (χ3n) is 4.92. The van der Waals surface area contributed by atoms with Crippen molar-refractivity contribution in [3.05, 3.63) is 40.3 Å². The van der Waals surface area contributed by atoms with Gasteiger partial charge in [0.15, 0.2) is 6.61 Å². The topological polar surface area (TPSA) is 81.5 Å². The molecule has 0 aliphatic carbocycles. The highest BCUT2D eigenvalue weighted by Crippen LogP contribution is 2.21. The Morgan fingerprint density at radius 3 is 2.44 bits per heavy atom. The molecule has 27 heavy (non-hydrogen) atoms. The lowest BCUT2D eigenvalue weighted by Crippen LogP contribution is -2.44. The van der Waals surface area contributed by atoms with E-state index in [1.54, 1.807) is 36.2 Å². The van der Waals surface area contributed by atoms with E-state index in [-0.39, 0.29) is 24.5 Å². The Bertz CT molecular complexity index is 911. The van der Waals surface area contributed by atoms with Crippen molar-refractivity contribution in [2.24, 2.45) is 18.9 Å². The molecular weight excluding hydrogens is 346 g/mol. The maximum absolute atomic E-state index is 12.3. The predicted molar refractivity (Wildman–Crippen MR) is 101 cm³/mol. The number of piperidine rings is 1. The number of amides is 1. The number of hydrogen-bond acceptors (Lipinski definition) is 5. The summed E-state index contributed by atoms with van der Waals surface area (Å²) in [6.07, 6.45) is 1.02. The zero-order valence-corrected chi connectivity index (χ0v) is 16.0. The standard InChI is InChI=1S/C20H25N3O4/c1-13-8-14(2)11-23(10-13)18(24)12-27-19(25)9-17-15-6-4-5-7-16(15)20(26)22(3)21-17/h4-7,13-14H,8-12H2,1-3H3/t13-,14-/m1/s1. The fourth-order valence-corrected chi connectivity index (χ4v) is 3.79. The summed E-state index contributed by atoms with van der Waals surface area (Å²) in [5.41, 5.74) is 0.247. The van der Waals surface area contributed by atoms with Crippen molar-refractivity contribution in [2.45, 2.75) is 26.7 Å².